The summed E-state index contributed by atoms with van der Waals surface area (Å²) < 4.78 is 27.5. The minimum absolute atomic E-state index is 0.0812. The van der Waals surface area contributed by atoms with Crippen molar-refractivity contribution in [3.05, 3.63) is 75.8 Å². The Balaban J connectivity index is 1.36. The zero-order valence-electron chi connectivity index (χ0n) is 17.6. The molecule has 2 aromatic carbocycles. The number of anilines is 1. The number of hydrogen-bond donors (Lipinski definition) is 2. The third kappa shape index (κ3) is 5.12. The molecule has 0 unspecified atom stereocenters. The maximum atomic E-state index is 12.5. The lowest BCUT2D eigenvalue weighted by Crippen LogP contribution is -2.23. The predicted octanol–water partition coefficient (Wildman–Crippen LogP) is 3.96. The van der Waals surface area contributed by atoms with Crippen LogP contribution in [0.3, 0.4) is 0 Å². The number of nitrogens with one attached hydrogen (secondary N) is 2. The van der Waals surface area contributed by atoms with Crippen molar-refractivity contribution in [3.8, 4) is 0 Å². The average molecular weight is 470 g/mol. The van der Waals surface area contributed by atoms with E-state index in [2.05, 4.69) is 15.0 Å². The number of rotatable bonds is 7. The number of ketones is 1. The van der Waals surface area contributed by atoms with Crippen molar-refractivity contribution in [2.24, 2.45) is 0 Å². The average Bonchev–Trinajstić information content (AvgIpc) is 3.20. The van der Waals surface area contributed by atoms with Gasteiger partial charge >= 0.3 is 0 Å². The van der Waals surface area contributed by atoms with E-state index in [1.807, 2.05) is 0 Å². The number of carbonyl (C=O) groups is 2. The number of hydrogen-bond acceptors (Lipinski definition) is 6. The van der Waals surface area contributed by atoms with Gasteiger partial charge in [-0.05, 0) is 62.4 Å². The van der Waals surface area contributed by atoms with E-state index >= 15 is 0 Å². The third-order valence-electron chi connectivity index (χ3n) is 5.32. The molecular formula is C23H23N3O4S2. The molecule has 1 aliphatic rings. The second-order valence-electron chi connectivity index (χ2n) is 7.65. The third-order valence-corrected chi connectivity index (χ3v) is 7.81. The molecule has 0 aliphatic heterocycles. The summed E-state index contributed by atoms with van der Waals surface area (Å²) in [4.78, 5) is 29.7. The van der Waals surface area contributed by atoms with Crippen LogP contribution in [0.25, 0.3) is 0 Å². The Labute approximate surface area is 191 Å². The number of sulfonamides is 1. The van der Waals surface area contributed by atoms with E-state index in [4.69, 9.17) is 0 Å². The van der Waals surface area contributed by atoms with Crippen molar-refractivity contribution < 1.29 is 18.0 Å². The predicted molar refractivity (Wildman–Crippen MR) is 124 cm³/mol. The van der Waals surface area contributed by atoms with Crippen molar-refractivity contribution in [3.63, 3.8) is 0 Å². The van der Waals surface area contributed by atoms with Crippen molar-refractivity contribution in [1.29, 1.82) is 0 Å². The lowest BCUT2D eigenvalue weighted by molar-refractivity contribution is 0.101. The van der Waals surface area contributed by atoms with Gasteiger partial charge in [-0.2, -0.15) is 0 Å². The number of aromatic nitrogens is 1. The number of amides is 1. The van der Waals surface area contributed by atoms with Gasteiger partial charge in [0.25, 0.3) is 5.91 Å². The van der Waals surface area contributed by atoms with E-state index in [1.54, 1.807) is 24.3 Å². The van der Waals surface area contributed by atoms with Crippen LogP contribution >= 0.6 is 11.3 Å². The Bertz CT molecular complexity index is 1220. The summed E-state index contributed by atoms with van der Waals surface area (Å²) in [5.74, 6) is -0.366. The van der Waals surface area contributed by atoms with E-state index in [0.717, 1.165) is 36.9 Å². The highest BCUT2D eigenvalue weighted by atomic mass is 32.2. The highest BCUT2D eigenvalue weighted by Crippen LogP contribution is 2.29. The van der Waals surface area contributed by atoms with Gasteiger partial charge in [-0.3, -0.25) is 14.9 Å². The highest BCUT2D eigenvalue weighted by Gasteiger charge is 2.17. The highest BCUT2D eigenvalue weighted by molar-refractivity contribution is 7.89. The fourth-order valence-electron chi connectivity index (χ4n) is 3.48. The Hall–Kier alpha value is -2.88. The first-order valence-corrected chi connectivity index (χ1v) is 12.6. The van der Waals surface area contributed by atoms with E-state index in [9.17, 15) is 18.0 Å². The van der Waals surface area contributed by atoms with Gasteiger partial charge in [0, 0.05) is 22.5 Å². The summed E-state index contributed by atoms with van der Waals surface area (Å²) >= 11 is 1.53. The van der Waals surface area contributed by atoms with Crippen LogP contribution in [-0.2, 0) is 29.4 Å². The number of fused-ring (bicyclic) bond motifs is 1. The Morgan fingerprint density at radius 1 is 0.969 bits per heavy atom. The first kappa shape index (κ1) is 22.3. The molecule has 4 rings (SSSR count). The number of benzene rings is 2. The first-order valence-electron chi connectivity index (χ1n) is 10.3. The monoisotopic (exact) mass is 469 g/mol. The molecular weight excluding hydrogens is 446 g/mol. The van der Waals surface area contributed by atoms with Crippen LogP contribution in [0.15, 0.2) is 53.4 Å². The molecule has 1 aliphatic carbocycles. The number of carbonyl (C=O) groups excluding carboxylic acids is 2. The molecule has 0 saturated carbocycles. The van der Waals surface area contributed by atoms with Crippen LogP contribution < -0.4 is 10.0 Å². The van der Waals surface area contributed by atoms with E-state index in [-0.39, 0.29) is 23.1 Å². The van der Waals surface area contributed by atoms with Gasteiger partial charge in [0.15, 0.2) is 10.9 Å². The molecule has 0 radical (unpaired) electrons. The van der Waals surface area contributed by atoms with E-state index in [0.29, 0.717) is 16.3 Å². The van der Waals surface area contributed by atoms with Crippen LogP contribution in [-0.4, -0.2) is 25.1 Å². The molecule has 7 nitrogen and oxygen atoms in total. The van der Waals surface area contributed by atoms with Crippen molar-refractivity contribution in [1.82, 2.24) is 9.71 Å². The van der Waals surface area contributed by atoms with Gasteiger partial charge in [0.1, 0.15) is 0 Å². The van der Waals surface area contributed by atoms with Crippen LogP contribution in [0.4, 0.5) is 5.13 Å². The summed E-state index contributed by atoms with van der Waals surface area (Å²) in [7, 11) is -3.72. The molecule has 2 N–H and O–H groups in total. The molecule has 1 aromatic heterocycles. The Kier molecular flexibility index (Phi) is 6.50. The van der Waals surface area contributed by atoms with Crippen LogP contribution in [0.5, 0.6) is 0 Å². The molecule has 3 aromatic rings. The summed E-state index contributed by atoms with van der Waals surface area (Å²) in [6.45, 7) is 1.51. The molecule has 1 amide bonds. The topological polar surface area (TPSA) is 105 Å². The molecule has 0 fully saturated rings. The fraction of sp³-hybridized carbons (Fsp3) is 0.261. The smallest absolute Gasteiger partial charge is 0.257 e. The Morgan fingerprint density at radius 3 is 2.28 bits per heavy atom. The number of nitrogens with zero attached hydrogens (tertiary/aromatic N) is 1. The SMILES string of the molecule is CC(=O)c1ccc(S(=O)(=O)NCc2ccc(C(=O)Nc3nc4c(s3)CCCC4)cc2)cc1. The van der Waals surface area contributed by atoms with Gasteiger partial charge in [-0.25, -0.2) is 18.1 Å². The lowest BCUT2D eigenvalue weighted by Gasteiger charge is -2.08. The van der Waals surface area contributed by atoms with Crippen LogP contribution in [0.2, 0.25) is 0 Å². The van der Waals surface area contributed by atoms with E-state index < -0.39 is 10.0 Å². The molecule has 0 atom stereocenters. The molecule has 32 heavy (non-hydrogen) atoms. The first-order chi connectivity index (χ1) is 15.3. The van der Waals surface area contributed by atoms with Gasteiger partial charge in [-0.1, -0.05) is 24.3 Å². The molecule has 0 bridgehead atoms. The van der Waals surface area contributed by atoms with Crippen LogP contribution in [0.1, 0.15) is 56.6 Å². The molecule has 0 spiro atoms. The standard InChI is InChI=1S/C23H23N3O4S2/c1-15(27)17-10-12-19(13-11-17)32(29,30)24-14-16-6-8-18(9-7-16)22(28)26-23-25-20-4-2-3-5-21(20)31-23/h6-13,24H,2-5,14H2,1H3,(H,25,26,28). The number of thiazole rings is 1. The summed E-state index contributed by atoms with van der Waals surface area (Å²) in [6, 6.07) is 12.5. The summed E-state index contributed by atoms with van der Waals surface area (Å²) in [5, 5.41) is 3.48. The normalized spacial score (nSPS) is 13.4. The second kappa shape index (κ2) is 9.32. The van der Waals surface area contributed by atoms with Crippen LogP contribution in [0, 0.1) is 0 Å². The van der Waals surface area contributed by atoms with Crippen molar-refractivity contribution >= 4 is 38.2 Å². The molecule has 9 heteroatoms. The van der Waals surface area contributed by atoms with Crippen molar-refractivity contribution in [2.45, 2.75) is 44.0 Å². The quantitative estimate of drug-likeness (QED) is 0.510. The zero-order chi connectivity index (χ0) is 22.7. The van der Waals surface area contributed by atoms with Gasteiger partial charge in [-0.15, -0.1) is 11.3 Å². The second-order valence-corrected chi connectivity index (χ2v) is 10.5. The molecule has 1 heterocycles. The largest absolute Gasteiger partial charge is 0.298 e. The van der Waals surface area contributed by atoms with Gasteiger partial charge < -0.3 is 0 Å². The zero-order valence-corrected chi connectivity index (χ0v) is 19.2. The Morgan fingerprint density at radius 2 is 1.62 bits per heavy atom. The maximum Gasteiger partial charge on any atom is 0.257 e. The minimum atomic E-state index is -3.72. The number of Topliss-reactive ketones (excluding diaryl/α,β-unsaturated/α-hetero) is 1. The lowest BCUT2D eigenvalue weighted by atomic mass is 10.0. The minimum Gasteiger partial charge on any atom is -0.298 e. The van der Waals surface area contributed by atoms with Gasteiger partial charge in [0.2, 0.25) is 10.0 Å². The van der Waals surface area contributed by atoms with E-state index in [1.165, 1.54) is 47.4 Å². The van der Waals surface area contributed by atoms with Crippen molar-refractivity contribution in [2.75, 3.05) is 5.32 Å². The maximum absolute atomic E-state index is 12.5. The fourth-order valence-corrected chi connectivity index (χ4v) is 5.54. The molecule has 0 saturated heterocycles. The summed E-state index contributed by atoms with van der Waals surface area (Å²) in [6.07, 6.45) is 4.29. The summed E-state index contributed by atoms with van der Waals surface area (Å²) in [5.41, 5.74) is 2.74. The number of aryl methyl sites for hydroxylation is 2. The molecule has 166 valence electrons. The van der Waals surface area contributed by atoms with Gasteiger partial charge in [0.05, 0.1) is 10.6 Å².